The third-order valence-electron chi connectivity index (χ3n) is 5.79. The fraction of sp³-hybridized carbons (Fsp3) is 0.440. The van der Waals surface area contributed by atoms with Gasteiger partial charge in [-0.3, -0.25) is 9.59 Å². The monoisotopic (exact) mass is 408 g/mol. The number of carbonyl (C=O) groups is 2. The lowest BCUT2D eigenvalue weighted by atomic mass is 10.1. The molecule has 0 unspecified atom stereocenters. The molecule has 3 rings (SSSR count). The molecule has 0 saturated heterocycles. The van der Waals surface area contributed by atoms with Gasteiger partial charge in [-0.2, -0.15) is 0 Å². The molecule has 0 aliphatic heterocycles. The Balaban J connectivity index is 1.76. The Bertz CT molecular complexity index is 831. The first-order valence-corrected chi connectivity index (χ1v) is 10.9. The molecule has 0 heterocycles. The third-order valence-corrected chi connectivity index (χ3v) is 5.79. The number of hydrogen-bond donors (Lipinski definition) is 1. The SMILES string of the molecule is CC[C@H](C(=O)NC1CCCC1)N(Cc1ccccc1C)C(=O)COc1ccccc1. The van der Waals surface area contributed by atoms with E-state index >= 15 is 0 Å². The van der Waals surface area contributed by atoms with Crippen molar-refractivity contribution < 1.29 is 14.3 Å². The first-order chi connectivity index (χ1) is 14.6. The number of amides is 2. The number of nitrogens with zero attached hydrogens (tertiary/aromatic N) is 1. The van der Waals surface area contributed by atoms with Gasteiger partial charge in [0.2, 0.25) is 5.91 Å². The quantitative estimate of drug-likeness (QED) is 0.675. The molecule has 0 bridgehead atoms. The minimum atomic E-state index is -0.517. The summed E-state index contributed by atoms with van der Waals surface area (Å²) in [6.07, 6.45) is 4.90. The van der Waals surface area contributed by atoms with Crippen LogP contribution in [0.2, 0.25) is 0 Å². The van der Waals surface area contributed by atoms with Crippen molar-refractivity contribution >= 4 is 11.8 Å². The molecule has 2 amide bonds. The molecule has 1 saturated carbocycles. The molecule has 1 aliphatic rings. The van der Waals surface area contributed by atoms with E-state index in [0.717, 1.165) is 36.8 Å². The van der Waals surface area contributed by atoms with E-state index in [1.165, 1.54) is 0 Å². The maximum Gasteiger partial charge on any atom is 0.261 e. The number of nitrogens with one attached hydrogen (secondary N) is 1. The minimum absolute atomic E-state index is 0.0638. The fourth-order valence-corrected chi connectivity index (χ4v) is 4.00. The molecule has 2 aromatic carbocycles. The number of carbonyl (C=O) groups excluding carboxylic acids is 2. The van der Waals surface area contributed by atoms with Crippen LogP contribution in [0.15, 0.2) is 54.6 Å². The normalized spacial score (nSPS) is 14.9. The summed E-state index contributed by atoms with van der Waals surface area (Å²) in [5.41, 5.74) is 2.14. The number of para-hydroxylation sites is 1. The smallest absolute Gasteiger partial charge is 0.261 e. The van der Waals surface area contributed by atoms with Crippen molar-refractivity contribution in [1.82, 2.24) is 10.2 Å². The van der Waals surface area contributed by atoms with Gasteiger partial charge in [0, 0.05) is 12.6 Å². The highest BCUT2D eigenvalue weighted by atomic mass is 16.5. The molecule has 5 nitrogen and oxygen atoms in total. The van der Waals surface area contributed by atoms with Crippen LogP contribution in [0, 0.1) is 6.92 Å². The van der Waals surface area contributed by atoms with Gasteiger partial charge in [-0.25, -0.2) is 0 Å². The summed E-state index contributed by atoms with van der Waals surface area (Å²) in [5.74, 6) is 0.395. The maximum atomic E-state index is 13.2. The molecule has 0 aromatic heterocycles. The van der Waals surface area contributed by atoms with Crippen molar-refractivity contribution in [3.8, 4) is 5.75 Å². The predicted octanol–water partition coefficient (Wildman–Crippen LogP) is 4.24. The lowest BCUT2D eigenvalue weighted by molar-refractivity contribution is -0.143. The van der Waals surface area contributed by atoms with Crippen LogP contribution in [0.1, 0.15) is 50.2 Å². The summed E-state index contributed by atoms with van der Waals surface area (Å²) >= 11 is 0. The molecule has 160 valence electrons. The van der Waals surface area contributed by atoms with E-state index in [4.69, 9.17) is 4.74 Å². The fourth-order valence-electron chi connectivity index (χ4n) is 4.00. The summed E-state index contributed by atoms with van der Waals surface area (Å²) < 4.78 is 5.70. The largest absolute Gasteiger partial charge is 0.484 e. The number of benzene rings is 2. The van der Waals surface area contributed by atoms with Crippen molar-refractivity contribution in [3.05, 3.63) is 65.7 Å². The molecule has 30 heavy (non-hydrogen) atoms. The molecule has 0 spiro atoms. The zero-order valence-corrected chi connectivity index (χ0v) is 18.0. The van der Waals surface area contributed by atoms with Gasteiger partial charge < -0.3 is 15.0 Å². The highest BCUT2D eigenvalue weighted by molar-refractivity contribution is 5.88. The van der Waals surface area contributed by atoms with Gasteiger partial charge in [-0.05, 0) is 49.4 Å². The Morgan fingerprint density at radius 2 is 1.73 bits per heavy atom. The number of ether oxygens (including phenoxy) is 1. The Morgan fingerprint density at radius 3 is 2.40 bits per heavy atom. The average Bonchev–Trinajstić information content (AvgIpc) is 3.27. The van der Waals surface area contributed by atoms with Gasteiger partial charge >= 0.3 is 0 Å². The number of hydrogen-bond acceptors (Lipinski definition) is 3. The van der Waals surface area contributed by atoms with Gasteiger partial charge in [-0.1, -0.05) is 62.2 Å². The maximum absolute atomic E-state index is 13.2. The van der Waals surface area contributed by atoms with Crippen molar-refractivity contribution in [1.29, 1.82) is 0 Å². The van der Waals surface area contributed by atoms with Crippen molar-refractivity contribution in [3.63, 3.8) is 0 Å². The molecular formula is C25H32N2O3. The molecule has 1 N–H and O–H groups in total. The van der Waals surface area contributed by atoms with Gasteiger partial charge in [0.25, 0.3) is 5.91 Å². The van der Waals surface area contributed by atoms with Crippen molar-refractivity contribution in [2.45, 2.75) is 64.6 Å². The molecule has 1 atom stereocenters. The van der Waals surface area contributed by atoms with E-state index in [-0.39, 0.29) is 24.5 Å². The van der Waals surface area contributed by atoms with Crippen LogP contribution in [0.25, 0.3) is 0 Å². The minimum Gasteiger partial charge on any atom is -0.484 e. The highest BCUT2D eigenvalue weighted by Gasteiger charge is 2.31. The van der Waals surface area contributed by atoms with Crippen LogP contribution in [0.3, 0.4) is 0 Å². The van der Waals surface area contributed by atoms with Gasteiger partial charge in [0.05, 0.1) is 0 Å². The van der Waals surface area contributed by atoms with E-state index in [9.17, 15) is 9.59 Å². The van der Waals surface area contributed by atoms with E-state index < -0.39 is 6.04 Å². The predicted molar refractivity (Wildman–Crippen MR) is 118 cm³/mol. The van der Waals surface area contributed by atoms with Crippen LogP contribution in [-0.4, -0.2) is 35.4 Å². The van der Waals surface area contributed by atoms with E-state index in [1.54, 1.807) is 4.90 Å². The highest BCUT2D eigenvalue weighted by Crippen LogP contribution is 2.20. The Hall–Kier alpha value is -2.82. The summed E-state index contributed by atoms with van der Waals surface area (Å²) in [6.45, 7) is 4.27. The Labute approximate surface area is 179 Å². The molecule has 0 radical (unpaired) electrons. The zero-order valence-electron chi connectivity index (χ0n) is 18.0. The molecular weight excluding hydrogens is 376 g/mol. The lowest BCUT2D eigenvalue weighted by Gasteiger charge is -2.31. The van der Waals surface area contributed by atoms with Crippen LogP contribution in [-0.2, 0) is 16.1 Å². The average molecular weight is 409 g/mol. The van der Waals surface area contributed by atoms with Gasteiger partial charge in [-0.15, -0.1) is 0 Å². The molecule has 1 fully saturated rings. The summed E-state index contributed by atoms with van der Waals surface area (Å²) in [6, 6.07) is 17.0. The molecule has 5 heteroatoms. The zero-order chi connectivity index (χ0) is 21.3. The standard InChI is InChI=1S/C25H32N2O3/c1-3-23(25(29)26-21-13-9-10-14-21)27(17-20-12-8-7-11-19(20)2)24(28)18-30-22-15-5-4-6-16-22/h4-8,11-12,15-16,21,23H,3,9-10,13-14,17-18H2,1-2H3,(H,26,29)/t23-/m1/s1. The van der Waals surface area contributed by atoms with Crippen LogP contribution < -0.4 is 10.1 Å². The van der Waals surface area contributed by atoms with Crippen molar-refractivity contribution in [2.75, 3.05) is 6.61 Å². The lowest BCUT2D eigenvalue weighted by Crippen LogP contribution is -2.52. The first kappa shape index (κ1) is 21.9. The topological polar surface area (TPSA) is 58.6 Å². The van der Waals surface area contributed by atoms with Gasteiger partial charge in [0.1, 0.15) is 11.8 Å². The van der Waals surface area contributed by atoms with E-state index in [2.05, 4.69) is 5.32 Å². The second-order valence-electron chi connectivity index (χ2n) is 7.96. The summed E-state index contributed by atoms with van der Waals surface area (Å²) in [7, 11) is 0. The third kappa shape index (κ3) is 5.85. The van der Waals surface area contributed by atoms with E-state index in [1.807, 2.05) is 68.4 Å². The summed E-state index contributed by atoms with van der Waals surface area (Å²) in [5, 5.41) is 3.17. The first-order valence-electron chi connectivity index (χ1n) is 10.9. The molecule has 2 aromatic rings. The number of rotatable bonds is 9. The summed E-state index contributed by atoms with van der Waals surface area (Å²) in [4.78, 5) is 28.0. The Morgan fingerprint density at radius 1 is 1.07 bits per heavy atom. The number of aryl methyl sites for hydroxylation is 1. The van der Waals surface area contributed by atoms with Crippen LogP contribution in [0.5, 0.6) is 5.75 Å². The second-order valence-corrected chi connectivity index (χ2v) is 7.96. The van der Waals surface area contributed by atoms with Gasteiger partial charge in [0.15, 0.2) is 6.61 Å². The van der Waals surface area contributed by atoms with Crippen molar-refractivity contribution in [2.24, 2.45) is 0 Å². The second kappa shape index (κ2) is 10.8. The van der Waals surface area contributed by atoms with Crippen LogP contribution in [0.4, 0.5) is 0 Å². The van der Waals surface area contributed by atoms with Crippen LogP contribution >= 0.6 is 0 Å². The van der Waals surface area contributed by atoms with E-state index in [0.29, 0.717) is 18.7 Å². The Kier molecular flexibility index (Phi) is 7.89. The molecule has 1 aliphatic carbocycles.